The molecule has 0 spiro atoms. The number of hydrogen-bond donors (Lipinski definition) is 2. The Labute approximate surface area is 101 Å². The van der Waals surface area contributed by atoms with Crippen molar-refractivity contribution in [2.75, 3.05) is 5.73 Å². The van der Waals surface area contributed by atoms with Gasteiger partial charge in [-0.05, 0) is 6.92 Å². The number of nitrogen functional groups attached to an aromatic ring is 1. The largest absolute Gasteiger partial charge is 0.368 e. The van der Waals surface area contributed by atoms with Crippen LogP contribution in [0, 0.1) is 0 Å². The fourth-order valence-electron chi connectivity index (χ4n) is 1.76. The minimum atomic E-state index is -0.657. The van der Waals surface area contributed by atoms with Gasteiger partial charge in [0.05, 0.1) is 5.56 Å². The molecule has 8 heteroatoms. The molecule has 0 unspecified atom stereocenters. The minimum Gasteiger partial charge on any atom is -0.368 e. The summed E-state index contributed by atoms with van der Waals surface area (Å²) in [4.78, 5) is 42.1. The average molecular weight is 249 g/mol. The molecule has 2 heterocycles. The van der Waals surface area contributed by atoms with Gasteiger partial charge in [-0.1, -0.05) is 0 Å². The maximum absolute atomic E-state index is 11.8. The van der Waals surface area contributed by atoms with Gasteiger partial charge in [-0.2, -0.15) is 9.97 Å². The molecule has 18 heavy (non-hydrogen) atoms. The van der Waals surface area contributed by atoms with E-state index in [4.69, 9.17) is 5.73 Å². The third-order valence-corrected chi connectivity index (χ3v) is 2.46. The third kappa shape index (κ3) is 1.88. The number of Topliss-reactive ketones (excluding diaryl/α,β-unsaturated/α-hetero) is 1. The molecule has 0 bridgehead atoms. The number of carbonyl (C=O) groups excluding carboxylic acids is 1. The summed E-state index contributed by atoms with van der Waals surface area (Å²) < 4.78 is 1.28. The number of rotatable bonds is 2. The summed E-state index contributed by atoms with van der Waals surface area (Å²) in [6, 6.07) is 0. The number of aromatic amines is 1. The van der Waals surface area contributed by atoms with E-state index in [9.17, 15) is 14.4 Å². The Morgan fingerprint density at radius 1 is 1.39 bits per heavy atom. The lowest BCUT2D eigenvalue weighted by Gasteiger charge is -2.12. The highest BCUT2D eigenvalue weighted by atomic mass is 16.1. The van der Waals surface area contributed by atoms with Crippen LogP contribution in [-0.4, -0.2) is 25.5 Å². The summed E-state index contributed by atoms with van der Waals surface area (Å²) in [5.74, 6) is -0.209. The maximum Gasteiger partial charge on any atom is 0.284 e. The summed E-state index contributed by atoms with van der Waals surface area (Å²) in [5, 5.41) is 2.47. The van der Waals surface area contributed by atoms with Crippen LogP contribution in [0.3, 0.4) is 0 Å². The van der Waals surface area contributed by atoms with E-state index < -0.39 is 11.1 Å². The van der Waals surface area contributed by atoms with E-state index in [1.165, 1.54) is 18.7 Å². The number of nitrogens with zero attached hydrogens (tertiary/aromatic N) is 3. The van der Waals surface area contributed by atoms with E-state index in [1.807, 2.05) is 0 Å². The molecule has 0 aromatic rings. The highest BCUT2D eigenvalue weighted by molar-refractivity contribution is 5.80. The van der Waals surface area contributed by atoms with Crippen LogP contribution in [0.5, 0.6) is 0 Å². The zero-order valence-electron chi connectivity index (χ0n) is 9.85. The summed E-state index contributed by atoms with van der Waals surface area (Å²) >= 11 is 0. The first-order valence-electron chi connectivity index (χ1n) is 5.15. The highest BCUT2D eigenvalue weighted by Gasteiger charge is 2.21. The SMILES string of the molecule is CC(=O)Cc1c2c(=O)nc(N)nc-2n(C)[nH]c1=O. The number of nitrogens with two attached hydrogens (primary N) is 1. The molecule has 0 radical (unpaired) electrons. The predicted octanol–water partition coefficient (Wildman–Crippen LogP) is -1.32. The molecule has 0 aromatic heterocycles. The Balaban J connectivity index is 2.91. The standard InChI is InChI=1S/C10H11N5O3/c1-4(16)3-5-6-7(15(2)14-8(5)17)12-10(11)13-9(6)18/h3H2,1-2H3,(H,14,17)(H2,11,13,18). The molecule has 0 saturated heterocycles. The van der Waals surface area contributed by atoms with Crippen LogP contribution in [0.1, 0.15) is 12.5 Å². The van der Waals surface area contributed by atoms with Crippen molar-refractivity contribution in [3.05, 3.63) is 26.3 Å². The van der Waals surface area contributed by atoms with Crippen LogP contribution in [-0.2, 0) is 18.3 Å². The van der Waals surface area contributed by atoms with Gasteiger partial charge in [0.1, 0.15) is 5.78 Å². The quantitative estimate of drug-likeness (QED) is 0.680. The second-order valence-electron chi connectivity index (χ2n) is 3.94. The van der Waals surface area contributed by atoms with Crippen LogP contribution in [0.2, 0.25) is 0 Å². The Kier molecular flexibility index (Phi) is 2.70. The third-order valence-electron chi connectivity index (χ3n) is 2.46. The molecule has 0 aromatic carbocycles. The number of nitrogens with one attached hydrogen (secondary N) is 1. The first-order valence-corrected chi connectivity index (χ1v) is 5.15. The molecule has 0 saturated carbocycles. The zero-order chi connectivity index (χ0) is 13.4. The van der Waals surface area contributed by atoms with E-state index in [1.54, 1.807) is 0 Å². The number of anilines is 1. The van der Waals surface area contributed by atoms with Crippen molar-refractivity contribution in [3.8, 4) is 11.4 Å². The van der Waals surface area contributed by atoms with Crippen molar-refractivity contribution in [2.45, 2.75) is 13.3 Å². The molecular formula is C10H11N5O3. The maximum atomic E-state index is 11.8. The summed E-state index contributed by atoms with van der Waals surface area (Å²) in [6.07, 6.45) is -0.144. The lowest BCUT2D eigenvalue weighted by molar-refractivity contribution is -0.116. The number of H-pyrrole nitrogens is 1. The molecule has 0 fully saturated rings. The van der Waals surface area contributed by atoms with E-state index in [0.29, 0.717) is 0 Å². The lowest BCUT2D eigenvalue weighted by Crippen LogP contribution is -2.30. The predicted molar refractivity (Wildman–Crippen MR) is 63.3 cm³/mol. The van der Waals surface area contributed by atoms with Gasteiger partial charge in [0.25, 0.3) is 11.1 Å². The van der Waals surface area contributed by atoms with Gasteiger partial charge >= 0.3 is 0 Å². The fourth-order valence-corrected chi connectivity index (χ4v) is 1.76. The van der Waals surface area contributed by atoms with Crippen molar-refractivity contribution in [2.24, 2.45) is 7.05 Å². The molecule has 8 nitrogen and oxygen atoms in total. The van der Waals surface area contributed by atoms with Gasteiger partial charge in [0, 0.05) is 19.0 Å². The van der Waals surface area contributed by atoms with Crippen LogP contribution in [0.25, 0.3) is 11.4 Å². The van der Waals surface area contributed by atoms with Crippen molar-refractivity contribution in [1.29, 1.82) is 0 Å². The average Bonchev–Trinajstić information content (AvgIpc) is 2.23. The lowest BCUT2D eigenvalue weighted by atomic mass is 10.1. The van der Waals surface area contributed by atoms with Gasteiger partial charge < -0.3 is 5.73 Å². The highest BCUT2D eigenvalue weighted by Crippen LogP contribution is 2.16. The van der Waals surface area contributed by atoms with Crippen molar-refractivity contribution in [3.63, 3.8) is 0 Å². The topological polar surface area (TPSA) is 124 Å². The summed E-state index contributed by atoms with van der Waals surface area (Å²) in [5.41, 5.74) is 4.33. The summed E-state index contributed by atoms with van der Waals surface area (Å²) in [6.45, 7) is 1.33. The first kappa shape index (κ1) is 12.0. The number of aryl methyl sites for hydroxylation is 1. The second-order valence-corrected chi connectivity index (χ2v) is 3.94. The van der Waals surface area contributed by atoms with Crippen molar-refractivity contribution >= 4 is 11.7 Å². The van der Waals surface area contributed by atoms with Gasteiger partial charge in [0.15, 0.2) is 5.82 Å². The Hall–Kier alpha value is -2.51. The van der Waals surface area contributed by atoms with Gasteiger partial charge in [-0.3, -0.25) is 24.2 Å². The van der Waals surface area contributed by atoms with E-state index in [-0.39, 0.29) is 35.1 Å². The number of hydrogen-bond acceptors (Lipinski definition) is 6. The zero-order valence-corrected chi connectivity index (χ0v) is 9.85. The summed E-state index contributed by atoms with van der Waals surface area (Å²) in [7, 11) is 1.52. The number of fused-ring (bicyclic) bond motifs is 1. The molecule has 94 valence electrons. The van der Waals surface area contributed by atoms with E-state index in [0.717, 1.165) is 0 Å². The molecule has 2 rings (SSSR count). The number of aromatic nitrogens is 4. The van der Waals surface area contributed by atoms with Gasteiger partial charge in [-0.25, -0.2) is 0 Å². The first-order chi connectivity index (χ1) is 8.40. The molecule has 0 atom stereocenters. The van der Waals surface area contributed by atoms with E-state index in [2.05, 4.69) is 15.1 Å². The Morgan fingerprint density at radius 2 is 2.06 bits per heavy atom. The fraction of sp³-hybridized carbons (Fsp3) is 0.300. The van der Waals surface area contributed by atoms with Crippen LogP contribution >= 0.6 is 0 Å². The second kappa shape index (κ2) is 4.06. The monoisotopic (exact) mass is 249 g/mol. The molecule has 0 amide bonds. The molecular weight excluding hydrogens is 238 g/mol. The Morgan fingerprint density at radius 3 is 2.67 bits per heavy atom. The van der Waals surface area contributed by atoms with Gasteiger partial charge in [0.2, 0.25) is 5.95 Å². The van der Waals surface area contributed by atoms with Crippen LogP contribution in [0.4, 0.5) is 5.95 Å². The molecule has 0 aliphatic carbocycles. The van der Waals surface area contributed by atoms with Gasteiger partial charge in [-0.15, -0.1) is 0 Å². The smallest absolute Gasteiger partial charge is 0.284 e. The van der Waals surface area contributed by atoms with Crippen molar-refractivity contribution in [1.82, 2.24) is 19.7 Å². The minimum absolute atomic E-state index is 0.0330. The van der Waals surface area contributed by atoms with Crippen LogP contribution < -0.4 is 16.9 Å². The molecule has 2 aliphatic heterocycles. The van der Waals surface area contributed by atoms with E-state index >= 15 is 0 Å². The number of carbonyl (C=O) groups is 1. The molecule has 2 aliphatic rings. The molecule has 3 N–H and O–H groups in total. The van der Waals surface area contributed by atoms with Crippen molar-refractivity contribution < 1.29 is 4.79 Å². The number of ketones is 1. The Bertz CT molecular complexity index is 715. The normalized spacial score (nSPS) is 10.8. The van der Waals surface area contributed by atoms with Crippen LogP contribution in [0.15, 0.2) is 9.59 Å².